The lowest BCUT2D eigenvalue weighted by molar-refractivity contribution is -0.139. The Bertz CT molecular complexity index is 739. The number of carbonyl (C=O) groups is 2. The van der Waals surface area contributed by atoms with Crippen molar-refractivity contribution < 1.29 is 14.7 Å². The molecule has 2 aromatic rings. The number of urea groups is 1. The molecule has 7 heteroatoms. The fraction of sp³-hybridized carbons (Fsp3) is 0.471. The fourth-order valence-corrected chi connectivity index (χ4v) is 2.55. The maximum absolute atomic E-state index is 12.2. The number of carbonyl (C=O) groups excluding carboxylic acids is 1. The van der Waals surface area contributed by atoms with Crippen LogP contribution < -0.4 is 5.32 Å². The Balaban J connectivity index is 2.04. The van der Waals surface area contributed by atoms with E-state index in [-0.39, 0.29) is 12.5 Å². The molecule has 1 heterocycles. The Labute approximate surface area is 141 Å². The topological polar surface area (TPSA) is 98.3 Å². The van der Waals surface area contributed by atoms with Gasteiger partial charge in [-0.05, 0) is 30.9 Å². The molecule has 0 radical (unpaired) electrons. The molecule has 2 rings (SSSR count). The van der Waals surface area contributed by atoms with Gasteiger partial charge in [-0.25, -0.2) is 14.6 Å². The molecule has 3 N–H and O–H groups in total. The highest BCUT2D eigenvalue weighted by molar-refractivity contribution is 5.82. The first kappa shape index (κ1) is 17.8. The molecule has 0 spiro atoms. The van der Waals surface area contributed by atoms with Crippen molar-refractivity contribution in [2.75, 3.05) is 7.05 Å². The van der Waals surface area contributed by atoms with Gasteiger partial charge in [0.25, 0.3) is 0 Å². The number of carboxylic acids is 1. The number of carboxylic acid groups (broad SMARTS) is 1. The van der Waals surface area contributed by atoms with Crippen LogP contribution in [-0.2, 0) is 11.3 Å². The number of amides is 2. The minimum atomic E-state index is -1.02. The van der Waals surface area contributed by atoms with Crippen LogP contribution in [0.15, 0.2) is 18.2 Å². The van der Waals surface area contributed by atoms with E-state index in [0.29, 0.717) is 12.2 Å². The second-order valence-electron chi connectivity index (χ2n) is 6.48. The zero-order valence-corrected chi connectivity index (χ0v) is 14.5. The van der Waals surface area contributed by atoms with E-state index in [2.05, 4.69) is 15.3 Å². The lowest BCUT2D eigenvalue weighted by Crippen LogP contribution is -2.47. The summed E-state index contributed by atoms with van der Waals surface area (Å²) >= 11 is 0. The van der Waals surface area contributed by atoms with Crippen molar-refractivity contribution in [3.8, 4) is 0 Å². The Morgan fingerprint density at radius 2 is 2.08 bits per heavy atom. The van der Waals surface area contributed by atoms with Gasteiger partial charge >= 0.3 is 12.0 Å². The predicted octanol–water partition coefficient (Wildman–Crippen LogP) is 2.51. The first-order valence-electron chi connectivity index (χ1n) is 7.96. The largest absolute Gasteiger partial charge is 0.480 e. The summed E-state index contributed by atoms with van der Waals surface area (Å²) in [6.45, 7) is 6.09. The summed E-state index contributed by atoms with van der Waals surface area (Å²) in [5, 5.41) is 11.8. The Kier molecular flexibility index (Phi) is 5.43. The van der Waals surface area contributed by atoms with E-state index >= 15 is 0 Å². The third-order valence-electron chi connectivity index (χ3n) is 3.80. The number of H-pyrrole nitrogens is 1. The number of aryl methyl sites for hydroxylation is 1. The highest BCUT2D eigenvalue weighted by Crippen LogP contribution is 2.16. The SMILES string of the molecule is Cc1cccc2[nH]c(CN(C)C(=O)N[C@@H](CC(C)C)C(=O)O)nc12. The van der Waals surface area contributed by atoms with Crippen LogP contribution in [0.4, 0.5) is 4.79 Å². The summed E-state index contributed by atoms with van der Waals surface area (Å²) < 4.78 is 0. The van der Waals surface area contributed by atoms with Crippen molar-refractivity contribution in [1.29, 1.82) is 0 Å². The summed E-state index contributed by atoms with van der Waals surface area (Å²) in [5.74, 6) is -0.187. The Morgan fingerprint density at radius 3 is 2.67 bits per heavy atom. The molecular formula is C17H24N4O3. The summed E-state index contributed by atoms with van der Waals surface area (Å²) in [6.07, 6.45) is 0.388. The van der Waals surface area contributed by atoms with Crippen LogP contribution in [0.5, 0.6) is 0 Å². The van der Waals surface area contributed by atoms with Gasteiger partial charge in [0.2, 0.25) is 0 Å². The van der Waals surface area contributed by atoms with E-state index in [4.69, 9.17) is 0 Å². The van der Waals surface area contributed by atoms with E-state index in [1.165, 1.54) is 4.90 Å². The first-order chi connectivity index (χ1) is 11.3. The molecule has 0 fully saturated rings. The predicted molar refractivity (Wildman–Crippen MR) is 91.7 cm³/mol. The number of fused-ring (bicyclic) bond motifs is 1. The van der Waals surface area contributed by atoms with Crippen LogP contribution in [0.2, 0.25) is 0 Å². The molecule has 0 unspecified atom stereocenters. The highest BCUT2D eigenvalue weighted by atomic mass is 16.4. The van der Waals surface area contributed by atoms with E-state index in [1.807, 2.05) is 39.0 Å². The van der Waals surface area contributed by atoms with Crippen molar-refractivity contribution in [3.05, 3.63) is 29.6 Å². The zero-order chi connectivity index (χ0) is 17.9. The van der Waals surface area contributed by atoms with Crippen LogP contribution in [0, 0.1) is 12.8 Å². The highest BCUT2D eigenvalue weighted by Gasteiger charge is 2.23. The van der Waals surface area contributed by atoms with E-state index in [1.54, 1.807) is 7.05 Å². The maximum atomic E-state index is 12.2. The van der Waals surface area contributed by atoms with Gasteiger partial charge in [-0.3, -0.25) is 0 Å². The van der Waals surface area contributed by atoms with Crippen LogP contribution in [0.3, 0.4) is 0 Å². The van der Waals surface area contributed by atoms with Crippen molar-refractivity contribution in [2.45, 2.75) is 39.8 Å². The third kappa shape index (κ3) is 4.24. The van der Waals surface area contributed by atoms with Crippen molar-refractivity contribution in [1.82, 2.24) is 20.2 Å². The quantitative estimate of drug-likeness (QED) is 0.757. The van der Waals surface area contributed by atoms with Gasteiger partial charge in [-0.15, -0.1) is 0 Å². The monoisotopic (exact) mass is 332 g/mol. The molecule has 7 nitrogen and oxygen atoms in total. The summed E-state index contributed by atoms with van der Waals surface area (Å²) in [5.41, 5.74) is 2.86. The average Bonchev–Trinajstić information content (AvgIpc) is 2.89. The molecule has 0 aliphatic rings. The van der Waals surface area contributed by atoms with Gasteiger partial charge in [0.05, 0.1) is 17.6 Å². The summed E-state index contributed by atoms with van der Waals surface area (Å²) in [4.78, 5) is 32.6. The lowest BCUT2D eigenvalue weighted by atomic mass is 10.0. The Morgan fingerprint density at radius 1 is 1.38 bits per heavy atom. The third-order valence-corrected chi connectivity index (χ3v) is 3.80. The zero-order valence-electron chi connectivity index (χ0n) is 14.5. The number of nitrogens with one attached hydrogen (secondary N) is 2. The maximum Gasteiger partial charge on any atom is 0.326 e. The summed E-state index contributed by atoms with van der Waals surface area (Å²) in [7, 11) is 1.61. The second kappa shape index (κ2) is 7.33. The van der Waals surface area contributed by atoms with Gasteiger partial charge < -0.3 is 20.3 Å². The molecule has 2 amide bonds. The fourth-order valence-electron chi connectivity index (χ4n) is 2.55. The number of aromatic nitrogens is 2. The molecule has 0 bridgehead atoms. The van der Waals surface area contributed by atoms with Gasteiger partial charge in [0, 0.05) is 7.05 Å². The second-order valence-corrected chi connectivity index (χ2v) is 6.48. The molecular weight excluding hydrogens is 308 g/mol. The molecule has 1 atom stereocenters. The first-order valence-corrected chi connectivity index (χ1v) is 7.96. The number of nitrogens with zero attached hydrogens (tertiary/aromatic N) is 2. The van der Waals surface area contributed by atoms with E-state index in [0.717, 1.165) is 16.6 Å². The molecule has 130 valence electrons. The van der Waals surface area contributed by atoms with Crippen LogP contribution in [0.1, 0.15) is 31.7 Å². The molecule has 0 saturated heterocycles. The molecule has 0 aliphatic heterocycles. The number of para-hydroxylation sites is 1. The number of hydrogen-bond acceptors (Lipinski definition) is 3. The number of rotatable bonds is 6. The number of aliphatic carboxylic acids is 1. The minimum absolute atomic E-state index is 0.176. The minimum Gasteiger partial charge on any atom is -0.480 e. The molecule has 0 saturated carbocycles. The normalized spacial score (nSPS) is 12.4. The van der Waals surface area contributed by atoms with Crippen molar-refractivity contribution in [3.63, 3.8) is 0 Å². The summed E-state index contributed by atoms with van der Waals surface area (Å²) in [6, 6.07) is 4.53. The van der Waals surface area contributed by atoms with E-state index in [9.17, 15) is 14.7 Å². The van der Waals surface area contributed by atoms with Crippen molar-refractivity contribution >= 4 is 23.0 Å². The van der Waals surface area contributed by atoms with Gasteiger partial charge in [0.15, 0.2) is 0 Å². The Hall–Kier alpha value is -2.57. The number of benzene rings is 1. The van der Waals surface area contributed by atoms with Gasteiger partial charge in [-0.1, -0.05) is 26.0 Å². The van der Waals surface area contributed by atoms with Gasteiger partial charge in [0.1, 0.15) is 11.9 Å². The van der Waals surface area contributed by atoms with Gasteiger partial charge in [-0.2, -0.15) is 0 Å². The molecule has 24 heavy (non-hydrogen) atoms. The lowest BCUT2D eigenvalue weighted by Gasteiger charge is -2.21. The molecule has 0 aliphatic carbocycles. The van der Waals surface area contributed by atoms with Crippen LogP contribution in [0.25, 0.3) is 11.0 Å². The smallest absolute Gasteiger partial charge is 0.326 e. The van der Waals surface area contributed by atoms with E-state index < -0.39 is 18.0 Å². The van der Waals surface area contributed by atoms with Crippen LogP contribution in [-0.4, -0.2) is 45.1 Å². The van der Waals surface area contributed by atoms with Crippen LogP contribution >= 0.6 is 0 Å². The number of aromatic amines is 1. The van der Waals surface area contributed by atoms with Crippen molar-refractivity contribution in [2.24, 2.45) is 5.92 Å². The molecule has 1 aromatic heterocycles. The molecule has 1 aromatic carbocycles. The standard InChI is InChI=1S/C17H24N4O3/c1-10(2)8-13(16(22)23)19-17(24)21(4)9-14-18-12-7-5-6-11(3)15(12)20-14/h5-7,10,13H,8-9H2,1-4H3,(H,18,20)(H,19,24)(H,22,23)/t13-/m0/s1. The average molecular weight is 332 g/mol. The number of hydrogen-bond donors (Lipinski definition) is 3. The number of imidazole rings is 1.